The molecule has 1 aromatic carbocycles. The van der Waals surface area contributed by atoms with Crippen molar-refractivity contribution in [2.24, 2.45) is 0 Å². The topological polar surface area (TPSA) is 43.4 Å². The van der Waals surface area contributed by atoms with Crippen LogP contribution in [0.4, 0.5) is 0 Å². The zero-order chi connectivity index (χ0) is 14.4. The van der Waals surface area contributed by atoms with E-state index in [-0.39, 0.29) is 0 Å². The van der Waals surface area contributed by atoms with Gasteiger partial charge in [-0.15, -0.1) is 0 Å². The first-order valence-corrected chi connectivity index (χ1v) is 7.05. The number of nitrogens with zero attached hydrogens (tertiary/aromatic N) is 1. The normalized spacial score (nSPS) is 10.3. The fourth-order valence-corrected chi connectivity index (χ4v) is 2.17. The Kier molecular flexibility index (Phi) is 5.38. The lowest BCUT2D eigenvalue weighted by atomic mass is 10.2. The molecular formula is C15H17BrN2O2. The molecule has 0 amide bonds. The number of halogens is 1. The predicted octanol–water partition coefficient (Wildman–Crippen LogP) is 3.15. The van der Waals surface area contributed by atoms with Gasteiger partial charge in [-0.05, 0) is 17.7 Å². The maximum absolute atomic E-state index is 5.35. The monoisotopic (exact) mass is 336 g/mol. The molecule has 0 aliphatic rings. The number of pyridine rings is 1. The maximum atomic E-state index is 5.35. The lowest BCUT2D eigenvalue weighted by Gasteiger charge is -2.12. The average molecular weight is 337 g/mol. The Morgan fingerprint density at radius 1 is 1.05 bits per heavy atom. The highest BCUT2D eigenvalue weighted by atomic mass is 79.9. The van der Waals surface area contributed by atoms with Crippen LogP contribution in [-0.4, -0.2) is 19.2 Å². The second kappa shape index (κ2) is 7.26. The second-order valence-corrected chi connectivity index (χ2v) is 5.14. The predicted molar refractivity (Wildman–Crippen MR) is 82.0 cm³/mol. The Labute approximate surface area is 127 Å². The van der Waals surface area contributed by atoms with Crippen LogP contribution in [0.15, 0.2) is 41.0 Å². The van der Waals surface area contributed by atoms with Gasteiger partial charge in [0.25, 0.3) is 0 Å². The number of methoxy groups -OCH3 is 2. The third-order valence-electron chi connectivity index (χ3n) is 2.90. The van der Waals surface area contributed by atoms with Crippen molar-refractivity contribution in [1.82, 2.24) is 10.3 Å². The van der Waals surface area contributed by atoms with Gasteiger partial charge in [-0.3, -0.25) is 4.98 Å². The van der Waals surface area contributed by atoms with Gasteiger partial charge >= 0.3 is 0 Å². The summed E-state index contributed by atoms with van der Waals surface area (Å²) in [4.78, 5) is 4.33. The Morgan fingerprint density at radius 3 is 2.45 bits per heavy atom. The Bertz CT molecular complexity index is 558. The van der Waals surface area contributed by atoms with Crippen LogP contribution in [0, 0.1) is 0 Å². The standard InChI is InChI=1S/C15H17BrN2O2/c1-19-14-7-8-18-13(15(14)20-2)10-17-9-11-3-5-12(16)6-4-11/h3-8,17H,9-10H2,1-2H3. The highest BCUT2D eigenvalue weighted by Crippen LogP contribution is 2.28. The molecule has 0 fully saturated rings. The molecule has 0 bridgehead atoms. The van der Waals surface area contributed by atoms with E-state index in [1.54, 1.807) is 26.5 Å². The summed E-state index contributed by atoms with van der Waals surface area (Å²) in [5.41, 5.74) is 2.05. The van der Waals surface area contributed by atoms with Crippen molar-refractivity contribution in [2.45, 2.75) is 13.1 Å². The van der Waals surface area contributed by atoms with Crippen molar-refractivity contribution in [2.75, 3.05) is 14.2 Å². The first kappa shape index (κ1) is 14.8. The lowest BCUT2D eigenvalue weighted by Crippen LogP contribution is -2.14. The Balaban J connectivity index is 1.98. The van der Waals surface area contributed by atoms with Crippen LogP contribution in [0.1, 0.15) is 11.3 Å². The largest absolute Gasteiger partial charge is 0.493 e. The molecule has 0 aliphatic carbocycles. The molecule has 2 rings (SSSR count). The van der Waals surface area contributed by atoms with Crippen LogP contribution in [0.25, 0.3) is 0 Å². The molecule has 0 unspecified atom stereocenters. The van der Waals surface area contributed by atoms with Gasteiger partial charge in [0.15, 0.2) is 11.5 Å². The minimum atomic E-state index is 0.621. The molecule has 106 valence electrons. The summed E-state index contributed by atoms with van der Waals surface area (Å²) in [5, 5.41) is 3.35. The minimum absolute atomic E-state index is 0.621. The fraction of sp³-hybridized carbons (Fsp3) is 0.267. The first-order valence-electron chi connectivity index (χ1n) is 6.25. The summed E-state index contributed by atoms with van der Waals surface area (Å²) in [6, 6.07) is 10.0. The number of nitrogens with one attached hydrogen (secondary N) is 1. The van der Waals surface area contributed by atoms with Gasteiger partial charge in [0.05, 0.1) is 19.9 Å². The number of hydrogen-bond acceptors (Lipinski definition) is 4. The quantitative estimate of drug-likeness (QED) is 0.879. The molecule has 2 aromatic rings. The van der Waals surface area contributed by atoms with Gasteiger partial charge in [-0.1, -0.05) is 28.1 Å². The van der Waals surface area contributed by atoms with Crippen molar-refractivity contribution >= 4 is 15.9 Å². The third kappa shape index (κ3) is 3.71. The Morgan fingerprint density at radius 2 is 1.80 bits per heavy atom. The second-order valence-electron chi connectivity index (χ2n) is 4.22. The van der Waals surface area contributed by atoms with Crippen LogP contribution in [0.5, 0.6) is 11.5 Å². The van der Waals surface area contributed by atoms with E-state index in [9.17, 15) is 0 Å². The molecule has 4 nitrogen and oxygen atoms in total. The number of ether oxygens (including phenoxy) is 2. The van der Waals surface area contributed by atoms with E-state index >= 15 is 0 Å². The first-order chi connectivity index (χ1) is 9.74. The number of benzene rings is 1. The van der Waals surface area contributed by atoms with Crippen LogP contribution in [0.2, 0.25) is 0 Å². The van der Waals surface area contributed by atoms with Gasteiger partial charge in [0.1, 0.15) is 0 Å². The third-order valence-corrected chi connectivity index (χ3v) is 3.43. The summed E-state index contributed by atoms with van der Waals surface area (Å²) in [5.74, 6) is 1.38. The zero-order valence-electron chi connectivity index (χ0n) is 11.5. The summed E-state index contributed by atoms with van der Waals surface area (Å²) in [7, 11) is 3.24. The van der Waals surface area contributed by atoms with Crippen molar-refractivity contribution in [1.29, 1.82) is 0 Å². The minimum Gasteiger partial charge on any atom is -0.493 e. The Hall–Kier alpha value is -1.59. The summed E-state index contributed by atoms with van der Waals surface area (Å²) >= 11 is 3.42. The highest BCUT2D eigenvalue weighted by Gasteiger charge is 2.10. The summed E-state index contributed by atoms with van der Waals surface area (Å²) in [6.07, 6.45) is 1.72. The van der Waals surface area contributed by atoms with Gasteiger partial charge in [-0.25, -0.2) is 0 Å². The molecule has 0 atom stereocenters. The lowest BCUT2D eigenvalue weighted by molar-refractivity contribution is 0.348. The van der Waals surface area contributed by atoms with E-state index in [4.69, 9.17) is 9.47 Å². The molecule has 0 saturated heterocycles. The van der Waals surface area contributed by atoms with E-state index in [0.29, 0.717) is 18.0 Å². The molecule has 0 aliphatic heterocycles. The van der Waals surface area contributed by atoms with Crippen molar-refractivity contribution in [3.63, 3.8) is 0 Å². The number of hydrogen-bond donors (Lipinski definition) is 1. The smallest absolute Gasteiger partial charge is 0.183 e. The molecule has 1 heterocycles. The van der Waals surface area contributed by atoms with Crippen LogP contribution in [-0.2, 0) is 13.1 Å². The molecule has 0 saturated carbocycles. The van der Waals surface area contributed by atoms with Crippen LogP contribution >= 0.6 is 15.9 Å². The maximum Gasteiger partial charge on any atom is 0.183 e. The van der Waals surface area contributed by atoms with Gasteiger partial charge in [0.2, 0.25) is 0 Å². The van der Waals surface area contributed by atoms with Crippen LogP contribution in [0.3, 0.4) is 0 Å². The average Bonchev–Trinajstić information content (AvgIpc) is 2.49. The zero-order valence-corrected chi connectivity index (χ0v) is 13.1. The van der Waals surface area contributed by atoms with Crippen LogP contribution < -0.4 is 14.8 Å². The molecule has 0 spiro atoms. The van der Waals surface area contributed by atoms with E-state index < -0.39 is 0 Å². The molecule has 0 radical (unpaired) electrons. The van der Waals surface area contributed by atoms with Gasteiger partial charge in [-0.2, -0.15) is 0 Å². The molecule has 1 aromatic heterocycles. The number of rotatable bonds is 6. The fourth-order valence-electron chi connectivity index (χ4n) is 1.90. The van der Waals surface area contributed by atoms with Gasteiger partial charge in [0, 0.05) is 29.8 Å². The SMILES string of the molecule is COc1ccnc(CNCc2ccc(Br)cc2)c1OC. The van der Waals surface area contributed by atoms with E-state index in [0.717, 1.165) is 16.7 Å². The van der Waals surface area contributed by atoms with E-state index in [1.165, 1.54) is 5.56 Å². The van der Waals surface area contributed by atoms with Crippen molar-refractivity contribution in [3.8, 4) is 11.5 Å². The number of aromatic nitrogens is 1. The van der Waals surface area contributed by atoms with E-state index in [2.05, 4.69) is 38.4 Å². The summed E-state index contributed by atoms with van der Waals surface area (Å²) < 4.78 is 11.7. The molecule has 1 N–H and O–H groups in total. The van der Waals surface area contributed by atoms with E-state index in [1.807, 2.05) is 12.1 Å². The van der Waals surface area contributed by atoms with Gasteiger partial charge < -0.3 is 14.8 Å². The van der Waals surface area contributed by atoms with Crippen molar-refractivity contribution < 1.29 is 9.47 Å². The summed E-state index contributed by atoms with van der Waals surface area (Å²) in [6.45, 7) is 1.39. The molecule has 5 heteroatoms. The van der Waals surface area contributed by atoms with Crippen molar-refractivity contribution in [3.05, 3.63) is 52.3 Å². The molecule has 20 heavy (non-hydrogen) atoms. The highest BCUT2D eigenvalue weighted by molar-refractivity contribution is 9.10. The molecular weight excluding hydrogens is 320 g/mol.